The topological polar surface area (TPSA) is 119 Å². The summed E-state index contributed by atoms with van der Waals surface area (Å²) < 4.78 is 5.59. The van der Waals surface area contributed by atoms with E-state index in [-0.39, 0.29) is 27.9 Å². The van der Waals surface area contributed by atoms with Gasteiger partial charge in [0.15, 0.2) is 5.58 Å². The van der Waals surface area contributed by atoms with Gasteiger partial charge in [0.2, 0.25) is 11.1 Å². The van der Waals surface area contributed by atoms with Gasteiger partial charge in [0.25, 0.3) is 0 Å². The van der Waals surface area contributed by atoms with E-state index < -0.39 is 5.97 Å². The highest BCUT2D eigenvalue weighted by Crippen LogP contribution is 2.28. The first-order valence-electron chi connectivity index (χ1n) is 7.50. The van der Waals surface area contributed by atoms with Gasteiger partial charge in [-0.15, -0.1) is 0 Å². The Kier molecular flexibility index (Phi) is 3.09. The number of nitrogen functional groups attached to an aromatic ring is 1. The molecule has 0 bridgehead atoms. The fourth-order valence-electron chi connectivity index (χ4n) is 2.95. The maximum atomic E-state index is 12.8. The van der Waals surface area contributed by atoms with Crippen LogP contribution in [0.4, 0.5) is 5.82 Å². The van der Waals surface area contributed by atoms with Crippen molar-refractivity contribution in [3.8, 4) is 0 Å². The van der Waals surface area contributed by atoms with E-state index in [0.717, 1.165) is 30.5 Å². The maximum absolute atomic E-state index is 12.8. The number of nitrogens with two attached hydrogens (primary N) is 1. The average Bonchev–Trinajstić information content (AvgIpc) is 3.08. The van der Waals surface area contributed by atoms with E-state index in [4.69, 9.17) is 15.3 Å². The molecule has 0 atom stereocenters. The number of nitrogens with zero attached hydrogens (tertiary/aromatic N) is 2. The molecule has 1 aliphatic rings. The van der Waals surface area contributed by atoms with Gasteiger partial charge in [-0.1, -0.05) is 6.08 Å². The van der Waals surface area contributed by atoms with Gasteiger partial charge in [0, 0.05) is 0 Å². The minimum absolute atomic E-state index is 0.00429. The molecule has 0 aliphatic heterocycles. The second-order valence-corrected chi connectivity index (χ2v) is 5.70. The zero-order chi connectivity index (χ0) is 16.8. The molecule has 3 aromatic rings. The molecule has 3 heterocycles. The molecule has 7 nitrogen and oxygen atoms in total. The van der Waals surface area contributed by atoms with E-state index in [1.807, 2.05) is 0 Å². The summed E-state index contributed by atoms with van der Waals surface area (Å²) in [4.78, 5) is 32.2. The van der Waals surface area contributed by atoms with Gasteiger partial charge < -0.3 is 15.3 Å². The van der Waals surface area contributed by atoms with Gasteiger partial charge in [-0.3, -0.25) is 9.78 Å². The second kappa shape index (κ2) is 5.16. The molecule has 120 valence electrons. The number of rotatable bonds is 2. The number of hydrogen-bond acceptors (Lipinski definition) is 6. The number of pyridine rings is 2. The predicted molar refractivity (Wildman–Crippen MR) is 88.8 cm³/mol. The Hall–Kier alpha value is -3.22. The summed E-state index contributed by atoms with van der Waals surface area (Å²) >= 11 is 0. The van der Waals surface area contributed by atoms with Crippen LogP contribution in [0.1, 0.15) is 35.3 Å². The Bertz CT molecular complexity index is 1100. The summed E-state index contributed by atoms with van der Waals surface area (Å²) in [5.41, 5.74) is 7.20. The number of carboxylic acids is 1. The van der Waals surface area contributed by atoms with Gasteiger partial charge in [0.05, 0.1) is 22.7 Å². The molecule has 24 heavy (non-hydrogen) atoms. The number of anilines is 1. The SMILES string of the molecule is Nc1nc2oc3cnc(C4=CCCC4)cc3c(=O)c2cc1C(=O)O. The van der Waals surface area contributed by atoms with Crippen molar-refractivity contribution in [3.05, 3.63) is 45.9 Å². The summed E-state index contributed by atoms with van der Waals surface area (Å²) in [7, 11) is 0. The molecular weight excluding hydrogens is 310 g/mol. The van der Waals surface area contributed by atoms with Crippen LogP contribution >= 0.6 is 0 Å². The molecule has 7 heteroatoms. The summed E-state index contributed by atoms with van der Waals surface area (Å²) in [5, 5.41) is 9.59. The molecule has 0 radical (unpaired) electrons. The zero-order valence-corrected chi connectivity index (χ0v) is 12.6. The lowest BCUT2D eigenvalue weighted by Gasteiger charge is -2.06. The molecule has 0 fully saturated rings. The smallest absolute Gasteiger partial charge is 0.339 e. The third-order valence-corrected chi connectivity index (χ3v) is 4.18. The highest BCUT2D eigenvalue weighted by atomic mass is 16.4. The van der Waals surface area contributed by atoms with Crippen LogP contribution in [0.25, 0.3) is 27.6 Å². The first-order valence-corrected chi connectivity index (χ1v) is 7.50. The van der Waals surface area contributed by atoms with Crippen molar-refractivity contribution in [2.24, 2.45) is 0 Å². The number of hydrogen-bond donors (Lipinski definition) is 2. The lowest BCUT2D eigenvalue weighted by molar-refractivity contribution is 0.0698. The van der Waals surface area contributed by atoms with Gasteiger partial charge in [0.1, 0.15) is 11.4 Å². The van der Waals surface area contributed by atoms with Crippen molar-refractivity contribution in [2.75, 3.05) is 5.73 Å². The van der Waals surface area contributed by atoms with Crippen LogP contribution in [-0.2, 0) is 0 Å². The summed E-state index contributed by atoms with van der Waals surface area (Å²) in [5.74, 6) is -1.44. The van der Waals surface area contributed by atoms with E-state index in [1.165, 1.54) is 12.3 Å². The zero-order valence-electron chi connectivity index (χ0n) is 12.6. The minimum atomic E-state index is -1.24. The molecule has 0 amide bonds. The highest BCUT2D eigenvalue weighted by molar-refractivity contribution is 5.98. The summed E-state index contributed by atoms with van der Waals surface area (Å²) in [6, 6.07) is 2.90. The fraction of sp³-hybridized carbons (Fsp3) is 0.176. The molecule has 0 unspecified atom stereocenters. The van der Waals surface area contributed by atoms with E-state index in [2.05, 4.69) is 16.0 Å². The lowest BCUT2D eigenvalue weighted by atomic mass is 10.1. The number of carbonyl (C=O) groups is 1. The van der Waals surface area contributed by atoms with E-state index in [1.54, 1.807) is 6.07 Å². The molecule has 0 saturated heterocycles. The third kappa shape index (κ3) is 2.13. The van der Waals surface area contributed by atoms with E-state index in [9.17, 15) is 9.59 Å². The van der Waals surface area contributed by atoms with Gasteiger partial charge in [-0.05, 0) is 37.0 Å². The van der Waals surface area contributed by atoms with Crippen LogP contribution in [0.2, 0.25) is 0 Å². The number of fused-ring (bicyclic) bond motifs is 2. The highest BCUT2D eigenvalue weighted by Gasteiger charge is 2.17. The van der Waals surface area contributed by atoms with Crippen LogP contribution in [0.15, 0.2) is 33.6 Å². The predicted octanol–water partition coefficient (Wildman–Crippen LogP) is 2.58. The Morgan fingerprint density at radius 2 is 2.12 bits per heavy atom. The van der Waals surface area contributed by atoms with Gasteiger partial charge >= 0.3 is 5.97 Å². The fourth-order valence-corrected chi connectivity index (χ4v) is 2.95. The minimum Gasteiger partial charge on any atom is -0.478 e. The Labute approximate surface area is 135 Å². The van der Waals surface area contributed by atoms with Gasteiger partial charge in [-0.2, -0.15) is 4.98 Å². The quantitative estimate of drug-likeness (QED) is 0.695. The number of allylic oxidation sites excluding steroid dienone is 2. The molecule has 0 saturated carbocycles. The normalized spacial score (nSPS) is 14.2. The largest absolute Gasteiger partial charge is 0.478 e. The number of aromatic nitrogens is 2. The third-order valence-electron chi connectivity index (χ3n) is 4.18. The molecule has 3 N–H and O–H groups in total. The van der Waals surface area contributed by atoms with Crippen LogP contribution in [0, 0.1) is 0 Å². The van der Waals surface area contributed by atoms with Crippen LogP contribution in [0.5, 0.6) is 0 Å². The summed E-state index contributed by atoms with van der Waals surface area (Å²) in [6.45, 7) is 0. The van der Waals surface area contributed by atoms with E-state index >= 15 is 0 Å². The number of aromatic carboxylic acids is 1. The Balaban J connectivity index is 2.02. The molecule has 0 aromatic carbocycles. The van der Waals surface area contributed by atoms with Crippen LogP contribution in [0.3, 0.4) is 0 Å². The van der Waals surface area contributed by atoms with Crippen molar-refractivity contribution in [3.63, 3.8) is 0 Å². The second-order valence-electron chi connectivity index (χ2n) is 5.70. The van der Waals surface area contributed by atoms with E-state index in [0.29, 0.717) is 11.0 Å². The monoisotopic (exact) mass is 323 g/mol. The Morgan fingerprint density at radius 3 is 2.83 bits per heavy atom. The van der Waals surface area contributed by atoms with Crippen molar-refractivity contribution in [1.29, 1.82) is 0 Å². The van der Waals surface area contributed by atoms with Crippen LogP contribution < -0.4 is 11.2 Å². The Morgan fingerprint density at radius 1 is 1.29 bits per heavy atom. The van der Waals surface area contributed by atoms with Crippen molar-refractivity contribution in [2.45, 2.75) is 19.3 Å². The molecule has 1 aliphatic carbocycles. The first kappa shape index (κ1) is 14.4. The van der Waals surface area contributed by atoms with Gasteiger partial charge in [-0.25, -0.2) is 4.79 Å². The van der Waals surface area contributed by atoms with Crippen LogP contribution in [-0.4, -0.2) is 21.0 Å². The molecule has 3 aromatic heterocycles. The van der Waals surface area contributed by atoms with Crippen molar-refractivity contribution in [1.82, 2.24) is 9.97 Å². The molecule has 0 spiro atoms. The number of carboxylic acid groups (broad SMARTS) is 1. The first-order chi connectivity index (χ1) is 11.5. The summed E-state index contributed by atoms with van der Waals surface area (Å²) in [6.07, 6.45) is 6.62. The van der Waals surface area contributed by atoms with Crippen molar-refractivity contribution >= 4 is 39.4 Å². The van der Waals surface area contributed by atoms with Crippen molar-refractivity contribution < 1.29 is 14.3 Å². The average molecular weight is 323 g/mol. The molecule has 4 rings (SSSR count). The molecular formula is C17H13N3O4. The standard InChI is InChI=1S/C17H13N3O4/c18-15-11(17(22)23)5-10-14(21)9-6-12(8-3-1-2-4-8)19-7-13(9)24-16(10)20-15/h3,5-7H,1-2,4H2,(H2,18,20)(H,22,23). The lowest BCUT2D eigenvalue weighted by Crippen LogP contribution is -2.10. The maximum Gasteiger partial charge on any atom is 0.339 e.